The molecule has 0 saturated heterocycles. The van der Waals surface area contributed by atoms with Crippen molar-refractivity contribution >= 4 is 10.8 Å². The summed E-state index contributed by atoms with van der Waals surface area (Å²) >= 11 is 0. The number of nitrogens with zero attached hydrogens (tertiary/aromatic N) is 2. The van der Waals surface area contributed by atoms with Gasteiger partial charge in [0.2, 0.25) is 0 Å². The highest BCUT2D eigenvalue weighted by Gasteiger charge is 2.25. The highest BCUT2D eigenvalue weighted by Crippen LogP contribution is 2.42. The summed E-state index contributed by atoms with van der Waals surface area (Å²) in [5.74, 6) is 1.56. The van der Waals surface area contributed by atoms with Crippen LogP contribution in [0.4, 0.5) is 0 Å². The number of benzene rings is 1. The number of hydrogen-bond donors (Lipinski definition) is 0. The minimum Gasteiger partial charge on any atom is -0.496 e. The summed E-state index contributed by atoms with van der Waals surface area (Å²) in [6.45, 7) is 9.32. The molecule has 166 valence electrons. The van der Waals surface area contributed by atoms with Crippen molar-refractivity contribution in [1.82, 2.24) is 9.55 Å². The lowest BCUT2D eigenvalue weighted by atomic mass is 9.84. The van der Waals surface area contributed by atoms with Crippen molar-refractivity contribution in [2.75, 3.05) is 14.2 Å². The van der Waals surface area contributed by atoms with Crippen molar-refractivity contribution in [3.8, 4) is 22.6 Å². The zero-order chi connectivity index (χ0) is 22.6. The first kappa shape index (κ1) is 22.9. The van der Waals surface area contributed by atoms with Crippen LogP contribution in [-0.4, -0.2) is 23.8 Å². The smallest absolute Gasteiger partial charge is 0.260 e. The summed E-state index contributed by atoms with van der Waals surface area (Å²) < 4.78 is 13.4. The van der Waals surface area contributed by atoms with Gasteiger partial charge in [0, 0.05) is 36.3 Å². The molecule has 0 bridgehead atoms. The summed E-state index contributed by atoms with van der Waals surface area (Å²) in [7, 11) is 3.37. The van der Waals surface area contributed by atoms with E-state index in [2.05, 4.69) is 32.7 Å². The van der Waals surface area contributed by atoms with E-state index in [0.29, 0.717) is 11.9 Å². The van der Waals surface area contributed by atoms with Gasteiger partial charge in [-0.1, -0.05) is 47.0 Å². The van der Waals surface area contributed by atoms with E-state index in [4.69, 9.17) is 9.47 Å². The van der Waals surface area contributed by atoms with Crippen molar-refractivity contribution in [3.05, 3.63) is 52.7 Å². The van der Waals surface area contributed by atoms with Gasteiger partial charge in [0.15, 0.2) is 0 Å². The Balaban J connectivity index is 2.22. The van der Waals surface area contributed by atoms with Gasteiger partial charge in [-0.3, -0.25) is 9.78 Å². The third kappa shape index (κ3) is 4.76. The molecule has 2 aromatic heterocycles. The van der Waals surface area contributed by atoms with Gasteiger partial charge in [-0.05, 0) is 41.0 Å². The lowest BCUT2D eigenvalue weighted by Gasteiger charge is -2.26. The SMILES string of the molecule is CCCCCCn1cc(-c2cc(OC)c(C(C)(C)C)c(OC)c2)c2ccncc2c1=O. The number of aromatic nitrogens is 2. The molecule has 0 aliphatic carbocycles. The number of aryl methyl sites for hydroxylation is 1. The summed E-state index contributed by atoms with van der Waals surface area (Å²) in [5, 5.41) is 1.52. The number of methoxy groups -OCH3 is 2. The number of pyridine rings is 2. The fraction of sp³-hybridized carbons (Fsp3) is 0.462. The van der Waals surface area contributed by atoms with E-state index < -0.39 is 0 Å². The van der Waals surface area contributed by atoms with Crippen LogP contribution in [0.5, 0.6) is 11.5 Å². The molecule has 0 amide bonds. The number of hydrogen-bond acceptors (Lipinski definition) is 4. The topological polar surface area (TPSA) is 53.4 Å². The molecule has 1 aromatic carbocycles. The fourth-order valence-electron chi connectivity index (χ4n) is 4.15. The third-order valence-corrected chi connectivity index (χ3v) is 5.71. The summed E-state index contributed by atoms with van der Waals surface area (Å²) in [4.78, 5) is 17.3. The highest BCUT2D eigenvalue weighted by atomic mass is 16.5. The van der Waals surface area contributed by atoms with Crippen molar-refractivity contribution in [1.29, 1.82) is 0 Å². The Hall–Kier alpha value is -2.82. The lowest BCUT2D eigenvalue weighted by molar-refractivity contribution is 0.368. The summed E-state index contributed by atoms with van der Waals surface area (Å²) in [6, 6.07) is 6.00. The van der Waals surface area contributed by atoms with E-state index in [1.807, 2.05) is 29.0 Å². The predicted molar refractivity (Wildman–Crippen MR) is 127 cm³/mol. The van der Waals surface area contributed by atoms with Crippen molar-refractivity contribution in [3.63, 3.8) is 0 Å². The minimum absolute atomic E-state index is 0.00795. The third-order valence-electron chi connectivity index (χ3n) is 5.71. The summed E-state index contributed by atoms with van der Waals surface area (Å²) in [6.07, 6.45) is 9.82. The van der Waals surface area contributed by atoms with E-state index >= 15 is 0 Å². The molecule has 0 unspecified atom stereocenters. The summed E-state index contributed by atoms with van der Waals surface area (Å²) in [5.41, 5.74) is 2.83. The van der Waals surface area contributed by atoms with Crippen LogP contribution in [0.3, 0.4) is 0 Å². The Kier molecular flexibility index (Phi) is 7.04. The van der Waals surface area contributed by atoms with Crippen LogP contribution in [0, 0.1) is 0 Å². The van der Waals surface area contributed by atoms with E-state index in [1.54, 1.807) is 26.6 Å². The first-order chi connectivity index (χ1) is 14.8. The molecular weight excluding hydrogens is 388 g/mol. The van der Waals surface area contributed by atoms with Gasteiger partial charge < -0.3 is 14.0 Å². The number of fused-ring (bicyclic) bond motifs is 1. The van der Waals surface area contributed by atoms with E-state index in [0.717, 1.165) is 46.4 Å². The number of rotatable bonds is 8. The molecule has 3 rings (SSSR count). The maximum Gasteiger partial charge on any atom is 0.260 e. The molecule has 5 heteroatoms. The predicted octanol–water partition coefficient (Wildman–Crippen LogP) is 5.96. The molecule has 0 atom stereocenters. The highest BCUT2D eigenvalue weighted by molar-refractivity contribution is 5.95. The molecule has 0 aliphatic heterocycles. The molecular formula is C26H34N2O3. The molecule has 0 radical (unpaired) electrons. The molecule has 0 saturated carbocycles. The van der Waals surface area contributed by atoms with Gasteiger partial charge in [0.25, 0.3) is 5.56 Å². The molecule has 0 N–H and O–H groups in total. The average Bonchev–Trinajstić information content (AvgIpc) is 2.76. The maximum atomic E-state index is 13.1. The van der Waals surface area contributed by atoms with Gasteiger partial charge in [0.05, 0.1) is 19.6 Å². The van der Waals surface area contributed by atoms with E-state index in [9.17, 15) is 4.79 Å². The Morgan fingerprint density at radius 3 is 2.26 bits per heavy atom. The zero-order valence-corrected chi connectivity index (χ0v) is 19.6. The monoisotopic (exact) mass is 422 g/mol. The molecule has 3 aromatic rings. The van der Waals surface area contributed by atoms with Crippen LogP contribution in [0.25, 0.3) is 21.9 Å². The lowest BCUT2D eigenvalue weighted by Crippen LogP contribution is -2.20. The average molecular weight is 423 g/mol. The fourth-order valence-corrected chi connectivity index (χ4v) is 4.15. The first-order valence-corrected chi connectivity index (χ1v) is 11.1. The second kappa shape index (κ2) is 9.54. The van der Waals surface area contributed by atoms with Gasteiger partial charge in [-0.2, -0.15) is 0 Å². The van der Waals surface area contributed by atoms with Crippen LogP contribution in [0.15, 0.2) is 41.6 Å². The first-order valence-electron chi connectivity index (χ1n) is 11.1. The number of ether oxygens (including phenoxy) is 2. The molecule has 0 spiro atoms. The second-order valence-corrected chi connectivity index (χ2v) is 9.03. The van der Waals surface area contributed by atoms with Gasteiger partial charge >= 0.3 is 0 Å². The molecule has 2 heterocycles. The standard InChI is InChI=1S/C26H34N2O3/c1-7-8-9-10-13-28-17-21(19-11-12-27-16-20(19)25(28)29)18-14-22(30-5)24(26(2,3)4)23(15-18)31-6/h11-12,14-17H,7-10,13H2,1-6H3. The Labute approximate surface area is 185 Å². The van der Waals surface area contributed by atoms with Crippen molar-refractivity contribution in [2.24, 2.45) is 0 Å². The van der Waals surface area contributed by atoms with Crippen LogP contribution in [0.1, 0.15) is 58.9 Å². The van der Waals surface area contributed by atoms with Crippen LogP contribution in [0.2, 0.25) is 0 Å². The van der Waals surface area contributed by atoms with E-state index in [1.165, 1.54) is 12.8 Å². The molecule has 31 heavy (non-hydrogen) atoms. The van der Waals surface area contributed by atoms with Gasteiger partial charge in [-0.15, -0.1) is 0 Å². The Morgan fingerprint density at radius 2 is 1.68 bits per heavy atom. The van der Waals surface area contributed by atoms with Gasteiger partial charge in [0.1, 0.15) is 11.5 Å². The van der Waals surface area contributed by atoms with Crippen LogP contribution >= 0.6 is 0 Å². The minimum atomic E-state index is -0.140. The van der Waals surface area contributed by atoms with Crippen molar-refractivity contribution in [2.45, 2.75) is 65.3 Å². The van der Waals surface area contributed by atoms with Crippen LogP contribution in [-0.2, 0) is 12.0 Å². The van der Waals surface area contributed by atoms with Crippen LogP contribution < -0.4 is 15.0 Å². The molecule has 0 aliphatic rings. The Morgan fingerprint density at radius 1 is 1.00 bits per heavy atom. The quantitative estimate of drug-likeness (QED) is 0.420. The number of unbranched alkanes of at least 4 members (excludes halogenated alkanes) is 3. The normalized spacial score (nSPS) is 11.7. The largest absolute Gasteiger partial charge is 0.496 e. The second-order valence-electron chi connectivity index (χ2n) is 9.03. The zero-order valence-electron chi connectivity index (χ0n) is 19.6. The maximum absolute atomic E-state index is 13.1. The van der Waals surface area contributed by atoms with Crippen molar-refractivity contribution < 1.29 is 9.47 Å². The molecule has 5 nitrogen and oxygen atoms in total. The Bertz CT molecular complexity index is 1080. The van der Waals surface area contributed by atoms with Gasteiger partial charge in [-0.25, -0.2) is 0 Å². The molecule has 0 fully saturated rings. The van der Waals surface area contributed by atoms with E-state index in [-0.39, 0.29) is 11.0 Å².